The van der Waals surface area contributed by atoms with Gasteiger partial charge < -0.3 is 5.73 Å². The van der Waals surface area contributed by atoms with Gasteiger partial charge in [0.15, 0.2) is 0 Å². The van der Waals surface area contributed by atoms with E-state index in [2.05, 4.69) is 4.90 Å². The molecule has 0 amide bonds. The molecule has 0 aromatic carbocycles. The van der Waals surface area contributed by atoms with Gasteiger partial charge in [0, 0.05) is 23.7 Å². The Labute approximate surface area is 123 Å². The molecule has 112 valence electrons. The van der Waals surface area contributed by atoms with Gasteiger partial charge in [-0.2, -0.15) is 0 Å². The standard InChI is InChI=1S/C18H30N2/c19-15-7-16-2-1-3-17(8-15)20(16)18-9-12-4-13(10-18)6-14(5-12)11-18/h12-17H,1-11,19H2. The topological polar surface area (TPSA) is 29.3 Å². The summed E-state index contributed by atoms with van der Waals surface area (Å²) >= 11 is 0. The van der Waals surface area contributed by atoms with E-state index in [-0.39, 0.29) is 0 Å². The molecule has 2 N–H and O–H groups in total. The Hall–Kier alpha value is -0.0800. The van der Waals surface area contributed by atoms with E-state index in [9.17, 15) is 0 Å². The lowest BCUT2D eigenvalue weighted by molar-refractivity contribution is -0.147. The Morgan fingerprint density at radius 2 is 1.25 bits per heavy atom. The van der Waals surface area contributed by atoms with Gasteiger partial charge in [-0.25, -0.2) is 0 Å². The minimum absolute atomic E-state index is 0.496. The summed E-state index contributed by atoms with van der Waals surface area (Å²) in [5.74, 6) is 3.24. The molecule has 0 aromatic rings. The van der Waals surface area contributed by atoms with Gasteiger partial charge in [-0.3, -0.25) is 4.90 Å². The van der Waals surface area contributed by atoms with Crippen LogP contribution in [0, 0.1) is 17.8 Å². The number of hydrogen-bond acceptors (Lipinski definition) is 2. The highest BCUT2D eigenvalue weighted by Gasteiger charge is 2.57. The molecule has 2 unspecified atom stereocenters. The summed E-state index contributed by atoms with van der Waals surface area (Å²) in [7, 11) is 0. The predicted molar refractivity (Wildman–Crippen MR) is 81.4 cm³/mol. The van der Waals surface area contributed by atoms with Crippen molar-refractivity contribution in [2.75, 3.05) is 0 Å². The zero-order valence-electron chi connectivity index (χ0n) is 12.8. The molecule has 2 atom stereocenters. The fraction of sp³-hybridized carbons (Fsp3) is 1.00. The van der Waals surface area contributed by atoms with Crippen LogP contribution < -0.4 is 5.73 Å². The normalized spacial score (nSPS) is 58.0. The van der Waals surface area contributed by atoms with Crippen LogP contribution in [0.4, 0.5) is 0 Å². The molecule has 6 aliphatic rings. The number of fused-ring (bicyclic) bond motifs is 2. The summed E-state index contributed by atoms with van der Waals surface area (Å²) in [6.07, 6.45) is 16.3. The monoisotopic (exact) mass is 274 g/mol. The first-order valence-corrected chi connectivity index (χ1v) is 9.26. The highest BCUT2D eigenvalue weighted by atomic mass is 15.3. The fourth-order valence-electron chi connectivity index (χ4n) is 7.58. The highest BCUT2D eigenvalue weighted by Crippen LogP contribution is 2.60. The van der Waals surface area contributed by atoms with Gasteiger partial charge in [-0.1, -0.05) is 6.42 Å². The molecule has 6 rings (SSSR count). The van der Waals surface area contributed by atoms with Crippen molar-refractivity contribution in [3.05, 3.63) is 0 Å². The lowest BCUT2D eigenvalue weighted by Crippen LogP contribution is -2.69. The summed E-state index contributed by atoms with van der Waals surface area (Å²) in [5.41, 5.74) is 6.98. The molecule has 2 aliphatic heterocycles. The first-order valence-electron chi connectivity index (χ1n) is 9.26. The lowest BCUT2D eigenvalue weighted by Gasteiger charge is -2.66. The van der Waals surface area contributed by atoms with Crippen molar-refractivity contribution < 1.29 is 0 Å². The molecule has 0 aromatic heterocycles. The lowest BCUT2D eigenvalue weighted by atomic mass is 9.51. The summed E-state index contributed by atoms with van der Waals surface area (Å²) in [6, 6.07) is 2.18. The predicted octanol–water partition coefficient (Wildman–Crippen LogP) is 3.30. The molecule has 2 saturated heterocycles. The number of nitrogens with zero attached hydrogens (tertiary/aromatic N) is 1. The average Bonchev–Trinajstić information content (AvgIpc) is 2.35. The third-order valence-electron chi connectivity index (χ3n) is 7.56. The molecule has 20 heavy (non-hydrogen) atoms. The van der Waals surface area contributed by atoms with E-state index in [0.29, 0.717) is 11.6 Å². The molecule has 2 heteroatoms. The second-order valence-corrected chi connectivity index (χ2v) is 9.02. The van der Waals surface area contributed by atoms with Crippen molar-refractivity contribution in [1.29, 1.82) is 0 Å². The summed E-state index contributed by atoms with van der Waals surface area (Å²) in [4.78, 5) is 3.09. The van der Waals surface area contributed by atoms with Gasteiger partial charge in [0.2, 0.25) is 0 Å². The van der Waals surface area contributed by atoms with Gasteiger partial charge in [0.1, 0.15) is 0 Å². The Morgan fingerprint density at radius 3 is 1.75 bits per heavy atom. The second-order valence-electron chi connectivity index (χ2n) is 9.02. The van der Waals surface area contributed by atoms with Crippen LogP contribution in [0.25, 0.3) is 0 Å². The molecule has 6 bridgehead atoms. The first kappa shape index (κ1) is 12.5. The van der Waals surface area contributed by atoms with E-state index in [1.165, 1.54) is 32.1 Å². The Kier molecular flexibility index (Phi) is 2.63. The van der Waals surface area contributed by atoms with Gasteiger partial charge in [0.05, 0.1) is 0 Å². The summed E-state index contributed by atoms with van der Waals surface area (Å²) in [6.45, 7) is 0. The maximum atomic E-state index is 6.35. The van der Waals surface area contributed by atoms with Crippen molar-refractivity contribution in [3.63, 3.8) is 0 Å². The SMILES string of the molecule is NC1CC2CCCC(C1)N2C12CC3CC(CC(C3)C1)C2. The van der Waals surface area contributed by atoms with E-state index in [0.717, 1.165) is 29.8 Å². The quantitative estimate of drug-likeness (QED) is 0.795. The van der Waals surface area contributed by atoms with Gasteiger partial charge in [0.25, 0.3) is 0 Å². The molecule has 0 spiro atoms. The van der Waals surface area contributed by atoms with E-state index in [1.807, 2.05) is 0 Å². The fourth-order valence-corrected chi connectivity index (χ4v) is 7.58. The molecular formula is C18H30N2. The first-order chi connectivity index (χ1) is 9.72. The minimum Gasteiger partial charge on any atom is -0.328 e. The number of rotatable bonds is 1. The molecule has 4 aliphatic carbocycles. The number of nitrogens with two attached hydrogens (primary N) is 1. The second kappa shape index (κ2) is 4.23. The number of hydrogen-bond donors (Lipinski definition) is 1. The van der Waals surface area contributed by atoms with E-state index >= 15 is 0 Å². The van der Waals surface area contributed by atoms with Crippen molar-refractivity contribution in [1.82, 2.24) is 4.90 Å². The molecule has 2 heterocycles. The van der Waals surface area contributed by atoms with Crippen LogP contribution in [0.2, 0.25) is 0 Å². The minimum atomic E-state index is 0.496. The van der Waals surface area contributed by atoms with Crippen LogP contribution >= 0.6 is 0 Å². The van der Waals surface area contributed by atoms with Crippen LogP contribution in [0.3, 0.4) is 0 Å². The maximum absolute atomic E-state index is 6.35. The highest BCUT2D eigenvalue weighted by molar-refractivity contribution is 5.12. The van der Waals surface area contributed by atoms with Crippen LogP contribution in [0.1, 0.15) is 70.6 Å². The third kappa shape index (κ3) is 1.70. The van der Waals surface area contributed by atoms with Gasteiger partial charge in [-0.05, 0) is 82.0 Å². The van der Waals surface area contributed by atoms with Crippen LogP contribution in [0.5, 0.6) is 0 Å². The number of piperidine rings is 2. The Morgan fingerprint density at radius 1 is 0.750 bits per heavy atom. The Bertz CT molecular complexity index is 355. The molecule has 2 nitrogen and oxygen atoms in total. The third-order valence-corrected chi connectivity index (χ3v) is 7.56. The van der Waals surface area contributed by atoms with Gasteiger partial charge in [-0.15, -0.1) is 0 Å². The summed E-state index contributed by atoms with van der Waals surface area (Å²) < 4.78 is 0. The average molecular weight is 274 g/mol. The zero-order valence-corrected chi connectivity index (χ0v) is 12.8. The van der Waals surface area contributed by atoms with Crippen molar-refractivity contribution in [2.45, 2.75) is 94.3 Å². The van der Waals surface area contributed by atoms with Crippen molar-refractivity contribution >= 4 is 0 Å². The van der Waals surface area contributed by atoms with Crippen LogP contribution in [-0.2, 0) is 0 Å². The van der Waals surface area contributed by atoms with E-state index in [4.69, 9.17) is 5.73 Å². The smallest absolute Gasteiger partial charge is 0.0223 e. The summed E-state index contributed by atoms with van der Waals surface area (Å²) in [5, 5.41) is 0. The Balaban J connectivity index is 1.49. The largest absolute Gasteiger partial charge is 0.328 e. The molecule has 0 radical (unpaired) electrons. The van der Waals surface area contributed by atoms with Crippen molar-refractivity contribution in [2.24, 2.45) is 23.5 Å². The maximum Gasteiger partial charge on any atom is 0.0223 e. The zero-order chi connectivity index (χ0) is 13.3. The van der Waals surface area contributed by atoms with Crippen LogP contribution in [-0.4, -0.2) is 28.6 Å². The van der Waals surface area contributed by atoms with E-state index < -0.39 is 0 Å². The van der Waals surface area contributed by atoms with Crippen molar-refractivity contribution in [3.8, 4) is 0 Å². The van der Waals surface area contributed by atoms with E-state index in [1.54, 1.807) is 38.5 Å². The van der Waals surface area contributed by atoms with Crippen LogP contribution in [0.15, 0.2) is 0 Å². The molecular weight excluding hydrogens is 244 g/mol. The van der Waals surface area contributed by atoms with Gasteiger partial charge >= 0.3 is 0 Å². The molecule has 6 fully saturated rings. The molecule has 4 saturated carbocycles.